The van der Waals surface area contributed by atoms with E-state index in [4.69, 9.17) is 11.6 Å². The first-order valence-electron chi connectivity index (χ1n) is 6.83. The molecule has 0 saturated heterocycles. The number of carbonyl (C=O) groups is 1. The molecule has 0 aliphatic carbocycles. The van der Waals surface area contributed by atoms with Gasteiger partial charge in [-0.3, -0.25) is 4.79 Å². The fourth-order valence-corrected chi connectivity index (χ4v) is 2.52. The minimum atomic E-state index is 0.00806. The molecule has 0 heterocycles. The highest BCUT2D eigenvalue weighted by atomic mass is 35.5. The highest BCUT2D eigenvalue weighted by Gasteiger charge is 2.22. The maximum Gasteiger partial charge on any atom is 0.256 e. The van der Waals surface area contributed by atoms with Crippen LogP contribution in [0.5, 0.6) is 0 Å². The predicted molar refractivity (Wildman–Crippen MR) is 85.7 cm³/mol. The molecule has 0 saturated carbocycles. The summed E-state index contributed by atoms with van der Waals surface area (Å²) in [5, 5.41) is 3.62. The average molecular weight is 298 g/mol. The molecule has 1 atom stereocenters. The number of halogens is 1. The number of carbonyl (C=O) groups excluding carboxylic acids is 1. The van der Waals surface area contributed by atoms with Crippen LogP contribution < -0.4 is 5.32 Å². The van der Waals surface area contributed by atoms with E-state index in [1.165, 1.54) is 0 Å². The van der Waals surface area contributed by atoms with Crippen molar-refractivity contribution in [3.63, 3.8) is 0 Å². The molecule has 0 spiro atoms. The molecule has 5 heteroatoms. The SMILES string of the molecule is CCN(C(=O)c1cc(Cl)ccc1NC)C(C)CN(C)C. The first-order valence-corrected chi connectivity index (χ1v) is 7.21. The van der Waals surface area contributed by atoms with Crippen molar-refractivity contribution < 1.29 is 4.79 Å². The quantitative estimate of drug-likeness (QED) is 0.877. The lowest BCUT2D eigenvalue weighted by atomic mass is 10.1. The maximum absolute atomic E-state index is 12.7. The Hall–Kier alpha value is -1.26. The number of rotatable bonds is 6. The van der Waals surface area contributed by atoms with Crippen molar-refractivity contribution in [2.45, 2.75) is 19.9 Å². The van der Waals surface area contributed by atoms with Gasteiger partial charge in [0.25, 0.3) is 5.91 Å². The van der Waals surface area contributed by atoms with E-state index < -0.39 is 0 Å². The van der Waals surface area contributed by atoms with E-state index in [0.717, 1.165) is 12.2 Å². The molecule has 112 valence electrons. The molecule has 0 aliphatic heterocycles. The van der Waals surface area contributed by atoms with Gasteiger partial charge in [-0.25, -0.2) is 0 Å². The second-order valence-electron chi connectivity index (χ2n) is 5.14. The molecule has 1 N–H and O–H groups in total. The third kappa shape index (κ3) is 4.12. The molecule has 0 bridgehead atoms. The summed E-state index contributed by atoms with van der Waals surface area (Å²) in [4.78, 5) is 16.7. The lowest BCUT2D eigenvalue weighted by Gasteiger charge is -2.30. The first kappa shape index (κ1) is 16.8. The molecule has 20 heavy (non-hydrogen) atoms. The number of likely N-dealkylation sites (N-methyl/N-ethyl adjacent to an activating group) is 2. The normalized spacial score (nSPS) is 12.3. The highest BCUT2D eigenvalue weighted by Crippen LogP contribution is 2.22. The van der Waals surface area contributed by atoms with Crippen LogP contribution >= 0.6 is 11.6 Å². The molecule has 1 aromatic rings. The zero-order valence-corrected chi connectivity index (χ0v) is 13.7. The van der Waals surface area contributed by atoms with E-state index >= 15 is 0 Å². The summed E-state index contributed by atoms with van der Waals surface area (Å²) in [5.74, 6) is 0.00806. The Labute approximate surface area is 126 Å². The van der Waals surface area contributed by atoms with Crippen LogP contribution in [-0.4, -0.2) is 56.0 Å². The summed E-state index contributed by atoms with van der Waals surface area (Å²) in [6.45, 7) is 5.55. The van der Waals surface area contributed by atoms with Crippen LogP contribution in [0.25, 0.3) is 0 Å². The Morgan fingerprint density at radius 3 is 2.55 bits per heavy atom. The highest BCUT2D eigenvalue weighted by molar-refractivity contribution is 6.31. The van der Waals surface area contributed by atoms with Crippen LogP contribution in [0.2, 0.25) is 5.02 Å². The van der Waals surface area contributed by atoms with Crippen LogP contribution in [0.3, 0.4) is 0 Å². The molecule has 1 amide bonds. The maximum atomic E-state index is 12.7. The topological polar surface area (TPSA) is 35.6 Å². The number of nitrogens with zero attached hydrogens (tertiary/aromatic N) is 2. The van der Waals surface area contributed by atoms with E-state index in [-0.39, 0.29) is 11.9 Å². The average Bonchev–Trinajstić information content (AvgIpc) is 2.38. The Kier molecular flexibility index (Phi) is 6.30. The molecular weight excluding hydrogens is 274 g/mol. The first-order chi connectivity index (χ1) is 9.40. The van der Waals surface area contributed by atoms with Gasteiger partial charge in [-0.2, -0.15) is 0 Å². The van der Waals surface area contributed by atoms with E-state index in [1.54, 1.807) is 19.2 Å². The van der Waals surface area contributed by atoms with Crippen LogP contribution in [0.4, 0.5) is 5.69 Å². The third-order valence-electron chi connectivity index (χ3n) is 3.24. The number of hydrogen-bond donors (Lipinski definition) is 1. The largest absolute Gasteiger partial charge is 0.387 e. The molecule has 0 aliphatic rings. The van der Waals surface area contributed by atoms with Gasteiger partial charge in [-0.1, -0.05) is 11.6 Å². The summed E-state index contributed by atoms with van der Waals surface area (Å²) in [6.07, 6.45) is 0. The Morgan fingerprint density at radius 2 is 2.05 bits per heavy atom. The smallest absolute Gasteiger partial charge is 0.256 e. The Morgan fingerprint density at radius 1 is 1.40 bits per heavy atom. The van der Waals surface area contributed by atoms with Gasteiger partial charge >= 0.3 is 0 Å². The zero-order chi connectivity index (χ0) is 15.3. The predicted octanol–water partition coefficient (Wildman–Crippen LogP) is 2.79. The van der Waals surface area contributed by atoms with Gasteiger partial charge in [0.2, 0.25) is 0 Å². The fourth-order valence-electron chi connectivity index (χ4n) is 2.35. The van der Waals surface area contributed by atoms with Gasteiger partial charge in [0.15, 0.2) is 0 Å². The molecule has 1 rings (SSSR count). The van der Waals surface area contributed by atoms with Gasteiger partial charge in [-0.05, 0) is 46.1 Å². The molecule has 4 nitrogen and oxygen atoms in total. The number of benzene rings is 1. The van der Waals surface area contributed by atoms with Crippen molar-refractivity contribution in [1.82, 2.24) is 9.80 Å². The second-order valence-corrected chi connectivity index (χ2v) is 5.58. The third-order valence-corrected chi connectivity index (χ3v) is 3.48. The van der Waals surface area contributed by atoms with E-state index in [0.29, 0.717) is 17.1 Å². The molecule has 1 aromatic carbocycles. The van der Waals surface area contributed by atoms with Crippen molar-refractivity contribution in [1.29, 1.82) is 0 Å². The van der Waals surface area contributed by atoms with Crippen molar-refractivity contribution in [2.24, 2.45) is 0 Å². The number of anilines is 1. The molecule has 1 unspecified atom stereocenters. The van der Waals surface area contributed by atoms with E-state index in [9.17, 15) is 4.79 Å². The van der Waals surface area contributed by atoms with Crippen molar-refractivity contribution in [2.75, 3.05) is 39.5 Å². The summed E-state index contributed by atoms with van der Waals surface area (Å²) in [6, 6.07) is 5.48. The van der Waals surface area contributed by atoms with Crippen molar-refractivity contribution in [3.8, 4) is 0 Å². The van der Waals surface area contributed by atoms with Crippen LogP contribution in [0, 0.1) is 0 Å². The number of amides is 1. The minimum absolute atomic E-state index is 0.00806. The lowest BCUT2D eigenvalue weighted by Crippen LogP contribution is -2.43. The van der Waals surface area contributed by atoms with E-state index in [1.807, 2.05) is 32.0 Å². The van der Waals surface area contributed by atoms with Gasteiger partial charge < -0.3 is 15.1 Å². The summed E-state index contributed by atoms with van der Waals surface area (Å²) >= 11 is 6.02. The van der Waals surface area contributed by atoms with E-state index in [2.05, 4.69) is 17.1 Å². The number of nitrogens with one attached hydrogen (secondary N) is 1. The second kappa shape index (κ2) is 7.50. The summed E-state index contributed by atoms with van der Waals surface area (Å²) in [5.41, 5.74) is 1.42. The van der Waals surface area contributed by atoms with Gasteiger partial charge in [-0.15, -0.1) is 0 Å². The molecule has 0 radical (unpaired) electrons. The van der Waals surface area contributed by atoms with Gasteiger partial charge in [0, 0.05) is 36.9 Å². The van der Waals surface area contributed by atoms with Crippen LogP contribution in [0.1, 0.15) is 24.2 Å². The minimum Gasteiger partial charge on any atom is -0.387 e. The summed E-state index contributed by atoms with van der Waals surface area (Å²) in [7, 11) is 5.82. The zero-order valence-electron chi connectivity index (χ0n) is 12.9. The lowest BCUT2D eigenvalue weighted by molar-refractivity contribution is 0.0680. The van der Waals surface area contributed by atoms with Crippen LogP contribution in [0.15, 0.2) is 18.2 Å². The van der Waals surface area contributed by atoms with Crippen LogP contribution in [-0.2, 0) is 0 Å². The standard InChI is InChI=1S/C15H24ClN3O/c1-6-19(11(2)10-18(4)5)15(20)13-9-12(16)7-8-14(13)17-3/h7-9,11,17H,6,10H2,1-5H3. The molecule has 0 aromatic heterocycles. The summed E-state index contributed by atoms with van der Waals surface area (Å²) < 4.78 is 0. The number of hydrogen-bond acceptors (Lipinski definition) is 3. The Balaban J connectivity index is 3.04. The van der Waals surface area contributed by atoms with Gasteiger partial charge in [0.05, 0.1) is 5.56 Å². The Bertz CT molecular complexity index is 462. The molecular formula is C15H24ClN3O. The molecule has 0 fully saturated rings. The van der Waals surface area contributed by atoms with Crippen molar-refractivity contribution >= 4 is 23.2 Å². The monoisotopic (exact) mass is 297 g/mol. The van der Waals surface area contributed by atoms with Gasteiger partial charge in [0.1, 0.15) is 0 Å². The van der Waals surface area contributed by atoms with Crippen molar-refractivity contribution in [3.05, 3.63) is 28.8 Å². The fraction of sp³-hybridized carbons (Fsp3) is 0.533.